The highest BCUT2D eigenvalue weighted by Gasteiger charge is 2.14. The molecule has 1 nitrogen and oxygen atoms in total. The van der Waals surface area contributed by atoms with E-state index < -0.39 is 0 Å². The van der Waals surface area contributed by atoms with E-state index in [1.807, 2.05) is 32.2 Å². The average molecular weight is 344 g/mol. The number of halogens is 3. The molecule has 0 aromatic heterocycles. The lowest BCUT2D eigenvalue weighted by molar-refractivity contribution is 0.594. The molecule has 0 spiro atoms. The Morgan fingerprint density at radius 1 is 1.14 bits per heavy atom. The largest absolute Gasteiger partial charge is 0.313 e. The van der Waals surface area contributed by atoms with Gasteiger partial charge in [-0.15, -0.1) is 0 Å². The molecule has 0 fully saturated rings. The van der Waals surface area contributed by atoms with E-state index in [0.717, 1.165) is 15.4 Å². The first kappa shape index (κ1) is 16.6. The first-order chi connectivity index (χ1) is 9.92. The lowest BCUT2D eigenvalue weighted by Crippen LogP contribution is -2.13. The van der Waals surface area contributed by atoms with E-state index >= 15 is 0 Å². The molecule has 2 rings (SSSR count). The van der Waals surface area contributed by atoms with Crippen LogP contribution in [0.15, 0.2) is 40.1 Å². The SMILES string of the molecule is CNC(C)c1cc(F)c(C)cc1Sc1ccc(Cl)c(Cl)c1. The molecule has 112 valence electrons. The second-order valence-corrected chi connectivity index (χ2v) is 6.76. The molecule has 0 aliphatic carbocycles. The molecule has 0 heterocycles. The van der Waals surface area contributed by atoms with Gasteiger partial charge in [0, 0.05) is 15.8 Å². The van der Waals surface area contributed by atoms with Crippen LogP contribution in [-0.4, -0.2) is 7.05 Å². The van der Waals surface area contributed by atoms with Crippen molar-refractivity contribution in [1.82, 2.24) is 5.32 Å². The Morgan fingerprint density at radius 2 is 1.86 bits per heavy atom. The third kappa shape index (κ3) is 3.92. The standard InChI is InChI=1S/C16H16Cl2FNS/c1-9-6-16(12(8-15(9)19)10(2)20-3)21-11-4-5-13(17)14(18)7-11/h4-8,10,20H,1-3H3. The van der Waals surface area contributed by atoms with E-state index in [1.54, 1.807) is 30.8 Å². The summed E-state index contributed by atoms with van der Waals surface area (Å²) in [6.07, 6.45) is 0. The van der Waals surface area contributed by atoms with Gasteiger partial charge >= 0.3 is 0 Å². The van der Waals surface area contributed by atoms with Crippen LogP contribution in [0.2, 0.25) is 10.0 Å². The van der Waals surface area contributed by atoms with Gasteiger partial charge in [0.2, 0.25) is 0 Å². The molecule has 0 saturated heterocycles. The van der Waals surface area contributed by atoms with Crippen LogP contribution >= 0.6 is 35.0 Å². The Balaban J connectivity index is 2.42. The first-order valence-electron chi connectivity index (χ1n) is 6.52. The van der Waals surface area contributed by atoms with Crippen molar-refractivity contribution in [2.45, 2.75) is 29.7 Å². The van der Waals surface area contributed by atoms with Crippen LogP contribution in [0.5, 0.6) is 0 Å². The highest BCUT2D eigenvalue weighted by atomic mass is 35.5. The lowest BCUT2D eigenvalue weighted by Gasteiger charge is -2.17. The summed E-state index contributed by atoms with van der Waals surface area (Å²) in [6, 6.07) is 9.02. The van der Waals surface area contributed by atoms with Gasteiger partial charge in [0.05, 0.1) is 10.0 Å². The predicted octanol–water partition coefficient (Wildman–Crippen LogP) is 5.87. The molecule has 0 radical (unpaired) electrons. The number of aryl methyl sites for hydroxylation is 1. The molecule has 0 aliphatic heterocycles. The molecular formula is C16H16Cl2FNS. The fourth-order valence-electron chi connectivity index (χ4n) is 1.92. The minimum absolute atomic E-state index is 0.0605. The number of hydrogen-bond donors (Lipinski definition) is 1. The second-order valence-electron chi connectivity index (χ2n) is 4.83. The number of rotatable bonds is 4. The zero-order valence-electron chi connectivity index (χ0n) is 12.0. The van der Waals surface area contributed by atoms with Gasteiger partial charge in [-0.3, -0.25) is 0 Å². The monoisotopic (exact) mass is 343 g/mol. The quantitative estimate of drug-likeness (QED) is 0.744. The van der Waals surface area contributed by atoms with E-state index in [9.17, 15) is 4.39 Å². The van der Waals surface area contributed by atoms with Gasteiger partial charge in [0.1, 0.15) is 5.82 Å². The summed E-state index contributed by atoms with van der Waals surface area (Å²) in [5, 5.41) is 4.19. The fourth-order valence-corrected chi connectivity index (χ4v) is 3.44. The molecule has 21 heavy (non-hydrogen) atoms. The van der Waals surface area contributed by atoms with Crippen LogP contribution in [0.1, 0.15) is 24.1 Å². The Bertz CT molecular complexity index is 661. The van der Waals surface area contributed by atoms with Gasteiger partial charge < -0.3 is 5.32 Å². The summed E-state index contributed by atoms with van der Waals surface area (Å²) in [6.45, 7) is 3.77. The maximum absolute atomic E-state index is 13.8. The highest BCUT2D eigenvalue weighted by molar-refractivity contribution is 7.99. The molecule has 1 N–H and O–H groups in total. The second kappa shape index (κ2) is 7.01. The summed E-state index contributed by atoms with van der Waals surface area (Å²) in [7, 11) is 1.86. The zero-order chi connectivity index (χ0) is 15.6. The van der Waals surface area contributed by atoms with Crippen LogP contribution in [0, 0.1) is 12.7 Å². The molecule has 0 saturated carbocycles. The summed E-state index contributed by atoms with van der Waals surface area (Å²) >= 11 is 13.5. The van der Waals surface area contributed by atoms with Crippen molar-refractivity contribution in [3.05, 3.63) is 57.3 Å². The van der Waals surface area contributed by atoms with Crippen LogP contribution in [0.25, 0.3) is 0 Å². The average Bonchev–Trinajstić information content (AvgIpc) is 2.45. The first-order valence-corrected chi connectivity index (χ1v) is 8.10. The number of nitrogens with one attached hydrogen (secondary N) is 1. The van der Waals surface area contributed by atoms with Gasteiger partial charge in [-0.2, -0.15) is 0 Å². The van der Waals surface area contributed by atoms with E-state index in [1.165, 1.54) is 0 Å². The Kier molecular flexibility index (Phi) is 5.55. The lowest BCUT2D eigenvalue weighted by atomic mass is 10.1. The van der Waals surface area contributed by atoms with Crippen LogP contribution in [0.4, 0.5) is 4.39 Å². The van der Waals surface area contributed by atoms with Gasteiger partial charge in [-0.1, -0.05) is 35.0 Å². The smallest absolute Gasteiger partial charge is 0.126 e. The van der Waals surface area contributed by atoms with Gasteiger partial charge in [0.15, 0.2) is 0 Å². The molecule has 0 bridgehead atoms. The van der Waals surface area contributed by atoms with E-state index in [4.69, 9.17) is 23.2 Å². The van der Waals surface area contributed by atoms with Gasteiger partial charge in [-0.05, 0) is 62.4 Å². The summed E-state index contributed by atoms with van der Waals surface area (Å²) in [5.41, 5.74) is 1.56. The summed E-state index contributed by atoms with van der Waals surface area (Å²) in [4.78, 5) is 1.98. The van der Waals surface area contributed by atoms with Crippen molar-refractivity contribution in [3.8, 4) is 0 Å². The van der Waals surface area contributed by atoms with Crippen molar-refractivity contribution in [2.24, 2.45) is 0 Å². The highest BCUT2D eigenvalue weighted by Crippen LogP contribution is 2.37. The number of benzene rings is 2. The van der Waals surface area contributed by atoms with Crippen molar-refractivity contribution < 1.29 is 4.39 Å². The fraction of sp³-hybridized carbons (Fsp3) is 0.250. The Hall–Kier alpha value is -0.740. The Labute approximate surface area is 138 Å². The van der Waals surface area contributed by atoms with Gasteiger partial charge in [0.25, 0.3) is 0 Å². The maximum Gasteiger partial charge on any atom is 0.126 e. The van der Waals surface area contributed by atoms with E-state index in [2.05, 4.69) is 5.32 Å². The normalized spacial score (nSPS) is 12.5. The van der Waals surface area contributed by atoms with Crippen molar-refractivity contribution in [1.29, 1.82) is 0 Å². The molecule has 1 atom stereocenters. The van der Waals surface area contributed by atoms with Crippen LogP contribution in [0.3, 0.4) is 0 Å². The third-order valence-electron chi connectivity index (χ3n) is 3.31. The predicted molar refractivity (Wildman–Crippen MR) is 89.2 cm³/mol. The topological polar surface area (TPSA) is 12.0 Å². The van der Waals surface area contributed by atoms with E-state index in [-0.39, 0.29) is 11.9 Å². The number of hydrogen-bond acceptors (Lipinski definition) is 2. The van der Waals surface area contributed by atoms with Crippen LogP contribution < -0.4 is 5.32 Å². The van der Waals surface area contributed by atoms with Crippen molar-refractivity contribution >= 4 is 35.0 Å². The maximum atomic E-state index is 13.8. The minimum Gasteiger partial charge on any atom is -0.313 e. The zero-order valence-corrected chi connectivity index (χ0v) is 14.3. The molecule has 1 unspecified atom stereocenters. The van der Waals surface area contributed by atoms with E-state index in [0.29, 0.717) is 15.6 Å². The van der Waals surface area contributed by atoms with Crippen LogP contribution in [-0.2, 0) is 0 Å². The molecule has 2 aromatic carbocycles. The van der Waals surface area contributed by atoms with Gasteiger partial charge in [-0.25, -0.2) is 4.39 Å². The Morgan fingerprint density at radius 3 is 2.48 bits per heavy atom. The van der Waals surface area contributed by atoms with Crippen molar-refractivity contribution in [2.75, 3.05) is 7.05 Å². The van der Waals surface area contributed by atoms with Crippen molar-refractivity contribution in [3.63, 3.8) is 0 Å². The molecular weight excluding hydrogens is 328 g/mol. The molecule has 2 aromatic rings. The molecule has 0 amide bonds. The summed E-state index contributed by atoms with van der Waals surface area (Å²) < 4.78 is 13.8. The molecule has 0 aliphatic rings. The minimum atomic E-state index is -0.189. The third-order valence-corrected chi connectivity index (χ3v) is 5.11. The molecule has 5 heteroatoms. The summed E-state index contributed by atoms with van der Waals surface area (Å²) in [5.74, 6) is -0.189.